The third kappa shape index (κ3) is 4.27. The van der Waals surface area contributed by atoms with Crippen LogP contribution in [0.15, 0.2) is 65.2 Å². The third-order valence-corrected chi connectivity index (χ3v) is 5.54. The average Bonchev–Trinajstić information content (AvgIpc) is 3.35. The normalized spacial score (nSPS) is 10.8. The molecule has 5 nitrogen and oxygen atoms in total. The molecule has 0 spiro atoms. The summed E-state index contributed by atoms with van der Waals surface area (Å²) in [5.41, 5.74) is 4.97. The number of aryl methyl sites for hydroxylation is 2. The number of carbonyl (C=O) groups excluding carboxylic acids is 1. The molecule has 0 atom stereocenters. The van der Waals surface area contributed by atoms with Gasteiger partial charge in [0.25, 0.3) is 5.91 Å². The van der Waals surface area contributed by atoms with Crippen LogP contribution in [-0.4, -0.2) is 16.0 Å². The largest absolute Gasteiger partial charge is 0.351 e. The Bertz CT molecular complexity index is 1110. The third-order valence-electron chi connectivity index (χ3n) is 4.51. The van der Waals surface area contributed by atoms with Crippen molar-refractivity contribution >= 4 is 22.4 Å². The Morgan fingerprint density at radius 2 is 1.72 bits per heavy atom. The second-order valence-corrected chi connectivity index (χ2v) is 7.85. The van der Waals surface area contributed by atoms with Crippen molar-refractivity contribution in [3.63, 3.8) is 0 Å². The zero-order valence-corrected chi connectivity index (χ0v) is 17.1. The van der Waals surface area contributed by atoms with Crippen LogP contribution < -0.4 is 5.32 Å². The lowest BCUT2D eigenvalue weighted by molar-refractivity contribution is 0.0988. The second kappa shape index (κ2) is 8.41. The monoisotopic (exact) mass is 403 g/mol. The summed E-state index contributed by atoms with van der Waals surface area (Å²) in [5, 5.41) is 7.16. The molecule has 29 heavy (non-hydrogen) atoms. The lowest BCUT2D eigenvalue weighted by Gasteiger charge is -2.04. The van der Waals surface area contributed by atoms with Crippen molar-refractivity contribution in [1.82, 2.24) is 10.1 Å². The highest BCUT2D eigenvalue weighted by Gasteiger charge is 2.17. The lowest BCUT2D eigenvalue weighted by Crippen LogP contribution is -2.10. The maximum atomic E-state index is 12.4. The molecule has 0 fully saturated rings. The van der Waals surface area contributed by atoms with E-state index in [0.717, 1.165) is 34.5 Å². The van der Waals surface area contributed by atoms with Crippen molar-refractivity contribution in [1.29, 1.82) is 0 Å². The standard InChI is InChI=1S/C23H21N3O2S/c1-3-7-20-21(18-12-10-17(11-13-18)16-8-5-4-6-9-16)24-23(29-20)25-22(27)19-14-15(2)26-28-19/h4-6,8-14H,3,7H2,1-2H3,(H,24,25,27). The fourth-order valence-electron chi connectivity index (χ4n) is 3.11. The topological polar surface area (TPSA) is 68.0 Å². The summed E-state index contributed by atoms with van der Waals surface area (Å²) >= 11 is 1.50. The van der Waals surface area contributed by atoms with E-state index in [1.807, 2.05) is 18.2 Å². The van der Waals surface area contributed by atoms with Crippen molar-refractivity contribution in [3.8, 4) is 22.4 Å². The molecule has 0 aliphatic heterocycles. The molecule has 1 amide bonds. The highest BCUT2D eigenvalue weighted by atomic mass is 32.1. The van der Waals surface area contributed by atoms with Gasteiger partial charge in [-0.25, -0.2) is 4.98 Å². The van der Waals surface area contributed by atoms with Crippen LogP contribution in [0.2, 0.25) is 0 Å². The molecule has 2 aromatic carbocycles. The molecule has 4 aromatic rings. The lowest BCUT2D eigenvalue weighted by atomic mass is 10.0. The van der Waals surface area contributed by atoms with Crippen molar-refractivity contribution in [2.45, 2.75) is 26.7 Å². The van der Waals surface area contributed by atoms with Crippen LogP contribution in [0.4, 0.5) is 5.13 Å². The Morgan fingerprint density at radius 1 is 1.03 bits per heavy atom. The number of nitrogens with one attached hydrogen (secondary N) is 1. The maximum Gasteiger partial charge on any atom is 0.296 e. The number of carbonyl (C=O) groups is 1. The van der Waals surface area contributed by atoms with Gasteiger partial charge in [-0.2, -0.15) is 0 Å². The molecule has 0 saturated heterocycles. The number of thiazole rings is 1. The van der Waals surface area contributed by atoms with Gasteiger partial charge in [0.05, 0.1) is 11.4 Å². The minimum absolute atomic E-state index is 0.184. The first kappa shape index (κ1) is 19.1. The van der Waals surface area contributed by atoms with E-state index < -0.39 is 0 Å². The van der Waals surface area contributed by atoms with E-state index in [0.29, 0.717) is 10.8 Å². The maximum absolute atomic E-state index is 12.4. The molecule has 6 heteroatoms. The van der Waals surface area contributed by atoms with Crippen molar-refractivity contribution < 1.29 is 9.32 Å². The van der Waals surface area contributed by atoms with Crippen LogP contribution in [0.1, 0.15) is 34.5 Å². The average molecular weight is 404 g/mol. The van der Waals surface area contributed by atoms with E-state index in [4.69, 9.17) is 9.51 Å². The number of benzene rings is 2. The summed E-state index contributed by atoms with van der Waals surface area (Å²) in [4.78, 5) is 18.2. The van der Waals surface area contributed by atoms with Crippen molar-refractivity contribution in [2.24, 2.45) is 0 Å². The fraction of sp³-hybridized carbons (Fsp3) is 0.174. The van der Waals surface area contributed by atoms with Gasteiger partial charge in [-0.1, -0.05) is 73.1 Å². The summed E-state index contributed by atoms with van der Waals surface area (Å²) in [6, 6.07) is 20.3. The van der Waals surface area contributed by atoms with Gasteiger partial charge in [0.2, 0.25) is 5.76 Å². The summed E-state index contributed by atoms with van der Waals surface area (Å²) in [5.74, 6) is -0.156. The molecular weight excluding hydrogens is 382 g/mol. The summed E-state index contributed by atoms with van der Waals surface area (Å²) in [6.45, 7) is 3.91. The molecule has 0 radical (unpaired) electrons. The zero-order valence-electron chi connectivity index (χ0n) is 16.3. The molecule has 146 valence electrons. The minimum Gasteiger partial charge on any atom is -0.351 e. The van der Waals surface area contributed by atoms with Gasteiger partial charge in [0.15, 0.2) is 5.13 Å². The first-order valence-corrected chi connectivity index (χ1v) is 10.4. The first-order valence-electron chi connectivity index (χ1n) is 9.54. The van der Waals surface area contributed by atoms with Crippen LogP contribution >= 0.6 is 11.3 Å². The summed E-state index contributed by atoms with van der Waals surface area (Å²) in [7, 11) is 0. The molecular formula is C23H21N3O2S. The number of anilines is 1. The smallest absolute Gasteiger partial charge is 0.296 e. The second-order valence-electron chi connectivity index (χ2n) is 6.77. The van der Waals surface area contributed by atoms with Crippen molar-refractivity contribution in [2.75, 3.05) is 5.32 Å². The number of amides is 1. The molecule has 0 saturated carbocycles. The zero-order chi connectivity index (χ0) is 20.2. The van der Waals surface area contributed by atoms with Crippen LogP contribution in [0.25, 0.3) is 22.4 Å². The minimum atomic E-state index is -0.339. The van der Waals surface area contributed by atoms with E-state index in [9.17, 15) is 4.79 Å². The molecule has 2 heterocycles. The van der Waals surface area contributed by atoms with E-state index >= 15 is 0 Å². The van der Waals surface area contributed by atoms with Crippen molar-refractivity contribution in [3.05, 3.63) is 77.0 Å². The van der Waals surface area contributed by atoms with Gasteiger partial charge in [0, 0.05) is 16.5 Å². The van der Waals surface area contributed by atoms with E-state index in [1.165, 1.54) is 16.9 Å². The van der Waals surface area contributed by atoms with Gasteiger partial charge in [-0.3, -0.25) is 10.1 Å². The number of rotatable bonds is 6. The Labute approximate surface area is 173 Å². The number of hydrogen-bond donors (Lipinski definition) is 1. The summed E-state index contributed by atoms with van der Waals surface area (Å²) < 4.78 is 5.04. The number of nitrogens with zero attached hydrogens (tertiary/aromatic N) is 2. The predicted octanol–water partition coefficient (Wildman–Crippen LogP) is 5.98. The van der Waals surface area contributed by atoms with E-state index in [1.54, 1.807) is 13.0 Å². The van der Waals surface area contributed by atoms with Gasteiger partial charge < -0.3 is 4.52 Å². The highest BCUT2D eigenvalue weighted by molar-refractivity contribution is 7.16. The first-order chi connectivity index (χ1) is 14.1. The molecule has 0 aliphatic carbocycles. The molecule has 0 bridgehead atoms. The fourth-order valence-corrected chi connectivity index (χ4v) is 4.19. The van der Waals surface area contributed by atoms with Gasteiger partial charge >= 0.3 is 0 Å². The SMILES string of the molecule is CCCc1sc(NC(=O)c2cc(C)no2)nc1-c1ccc(-c2ccccc2)cc1. The Morgan fingerprint density at radius 3 is 2.38 bits per heavy atom. The predicted molar refractivity (Wildman–Crippen MR) is 116 cm³/mol. The van der Waals surface area contributed by atoms with Gasteiger partial charge in [0.1, 0.15) is 0 Å². The van der Waals surface area contributed by atoms with Gasteiger partial charge in [-0.15, -0.1) is 11.3 Å². The highest BCUT2D eigenvalue weighted by Crippen LogP contribution is 2.33. The Balaban J connectivity index is 1.60. The molecule has 0 unspecified atom stereocenters. The Kier molecular flexibility index (Phi) is 5.53. The Hall–Kier alpha value is -3.25. The molecule has 2 aromatic heterocycles. The van der Waals surface area contributed by atoms with Crippen LogP contribution in [0.3, 0.4) is 0 Å². The number of aromatic nitrogens is 2. The quantitative estimate of drug-likeness (QED) is 0.430. The van der Waals surface area contributed by atoms with Gasteiger partial charge in [-0.05, 0) is 24.5 Å². The van der Waals surface area contributed by atoms with Crippen LogP contribution in [0, 0.1) is 6.92 Å². The van der Waals surface area contributed by atoms with E-state index in [-0.39, 0.29) is 11.7 Å². The van der Waals surface area contributed by atoms with Crippen LogP contribution in [-0.2, 0) is 6.42 Å². The molecule has 0 aliphatic rings. The number of hydrogen-bond acceptors (Lipinski definition) is 5. The van der Waals surface area contributed by atoms with Crippen LogP contribution in [0.5, 0.6) is 0 Å². The van der Waals surface area contributed by atoms with E-state index in [2.05, 4.69) is 53.8 Å². The molecule has 4 rings (SSSR count). The summed E-state index contributed by atoms with van der Waals surface area (Å²) in [6.07, 6.45) is 1.91. The molecule has 1 N–H and O–H groups in total.